The van der Waals surface area contributed by atoms with Crippen molar-refractivity contribution in [2.45, 2.75) is 11.0 Å². The number of nitrogens with two attached hydrogens (primary N) is 1. The SMILES string of the molecule is N/C(=N/O)c1cccc(CSC2COC2)c1F. The van der Waals surface area contributed by atoms with Crippen molar-refractivity contribution >= 4 is 17.6 Å². The zero-order valence-corrected chi connectivity index (χ0v) is 9.91. The summed E-state index contributed by atoms with van der Waals surface area (Å²) in [5.41, 5.74) is 6.09. The summed E-state index contributed by atoms with van der Waals surface area (Å²) in [7, 11) is 0. The van der Waals surface area contributed by atoms with Crippen LogP contribution in [0.4, 0.5) is 4.39 Å². The van der Waals surface area contributed by atoms with E-state index in [1.165, 1.54) is 6.07 Å². The van der Waals surface area contributed by atoms with Gasteiger partial charge in [-0.1, -0.05) is 17.3 Å². The topological polar surface area (TPSA) is 67.8 Å². The summed E-state index contributed by atoms with van der Waals surface area (Å²) in [6, 6.07) is 4.89. The number of rotatable bonds is 4. The Bertz CT molecular complexity index is 435. The first-order chi connectivity index (χ1) is 8.22. The highest BCUT2D eigenvalue weighted by molar-refractivity contribution is 7.99. The largest absolute Gasteiger partial charge is 0.409 e. The predicted molar refractivity (Wildman–Crippen MR) is 64.8 cm³/mol. The number of amidine groups is 1. The first kappa shape index (κ1) is 12.2. The first-order valence-electron chi connectivity index (χ1n) is 5.17. The standard InChI is InChI=1S/C11H13FN2O2S/c12-10-7(6-17-8-4-16-5-8)2-1-3-9(10)11(13)14-15/h1-3,8,15H,4-6H2,(H2,13,14). The van der Waals surface area contributed by atoms with E-state index in [0.29, 0.717) is 16.6 Å². The molecule has 1 aliphatic rings. The molecule has 1 fully saturated rings. The summed E-state index contributed by atoms with van der Waals surface area (Å²) < 4.78 is 19.0. The van der Waals surface area contributed by atoms with Gasteiger partial charge in [-0.25, -0.2) is 4.39 Å². The number of hydrogen-bond acceptors (Lipinski definition) is 4. The monoisotopic (exact) mass is 256 g/mol. The molecule has 0 radical (unpaired) electrons. The highest BCUT2D eigenvalue weighted by atomic mass is 32.2. The van der Waals surface area contributed by atoms with E-state index >= 15 is 0 Å². The summed E-state index contributed by atoms with van der Waals surface area (Å²) in [4.78, 5) is 0. The van der Waals surface area contributed by atoms with Crippen LogP contribution in [-0.2, 0) is 10.5 Å². The fourth-order valence-corrected chi connectivity index (χ4v) is 2.48. The lowest BCUT2D eigenvalue weighted by Crippen LogP contribution is -2.30. The summed E-state index contributed by atoms with van der Waals surface area (Å²) in [6.45, 7) is 1.46. The second-order valence-electron chi connectivity index (χ2n) is 3.73. The van der Waals surface area contributed by atoms with Gasteiger partial charge in [0.05, 0.1) is 24.0 Å². The van der Waals surface area contributed by atoms with E-state index in [1.807, 2.05) is 0 Å². The van der Waals surface area contributed by atoms with Crippen molar-refractivity contribution in [3.63, 3.8) is 0 Å². The van der Waals surface area contributed by atoms with E-state index in [1.54, 1.807) is 23.9 Å². The van der Waals surface area contributed by atoms with Crippen LogP contribution >= 0.6 is 11.8 Å². The van der Waals surface area contributed by atoms with Gasteiger partial charge in [0.15, 0.2) is 5.84 Å². The van der Waals surface area contributed by atoms with Crippen molar-refractivity contribution in [2.24, 2.45) is 10.9 Å². The number of oxime groups is 1. The van der Waals surface area contributed by atoms with E-state index in [9.17, 15) is 4.39 Å². The lowest BCUT2D eigenvalue weighted by molar-refractivity contribution is 0.0455. The van der Waals surface area contributed by atoms with Gasteiger partial charge in [-0.05, 0) is 11.6 Å². The zero-order chi connectivity index (χ0) is 12.3. The molecule has 6 heteroatoms. The molecule has 92 valence electrons. The molecule has 1 aromatic rings. The van der Waals surface area contributed by atoms with Gasteiger partial charge < -0.3 is 15.7 Å². The van der Waals surface area contributed by atoms with E-state index in [4.69, 9.17) is 15.7 Å². The summed E-state index contributed by atoms with van der Waals surface area (Å²) in [5, 5.41) is 11.8. The van der Waals surface area contributed by atoms with Gasteiger partial charge >= 0.3 is 0 Å². The minimum atomic E-state index is -0.421. The molecule has 17 heavy (non-hydrogen) atoms. The Kier molecular flexibility index (Phi) is 3.86. The molecule has 4 nitrogen and oxygen atoms in total. The van der Waals surface area contributed by atoms with Gasteiger partial charge in [0.1, 0.15) is 5.82 Å². The Balaban J connectivity index is 2.11. The Labute approximate surface area is 103 Å². The van der Waals surface area contributed by atoms with Gasteiger partial charge in [-0.3, -0.25) is 0 Å². The number of benzene rings is 1. The maximum Gasteiger partial charge on any atom is 0.173 e. The number of hydrogen-bond donors (Lipinski definition) is 2. The summed E-state index contributed by atoms with van der Waals surface area (Å²) >= 11 is 1.65. The fourth-order valence-electron chi connectivity index (χ4n) is 1.46. The highest BCUT2D eigenvalue weighted by Gasteiger charge is 2.20. The molecule has 2 rings (SSSR count). The van der Waals surface area contributed by atoms with Crippen LogP contribution in [0.5, 0.6) is 0 Å². The molecule has 0 aliphatic carbocycles. The third kappa shape index (κ3) is 2.70. The van der Waals surface area contributed by atoms with Crippen LogP contribution in [0.25, 0.3) is 0 Å². The minimum absolute atomic E-state index is 0.135. The van der Waals surface area contributed by atoms with Gasteiger partial charge in [-0.2, -0.15) is 0 Å². The van der Waals surface area contributed by atoms with Crippen LogP contribution in [0.1, 0.15) is 11.1 Å². The molecule has 0 atom stereocenters. The van der Waals surface area contributed by atoms with Crippen LogP contribution < -0.4 is 5.73 Å². The third-order valence-electron chi connectivity index (χ3n) is 2.54. The van der Waals surface area contributed by atoms with E-state index in [-0.39, 0.29) is 11.4 Å². The molecule has 0 aromatic heterocycles. The van der Waals surface area contributed by atoms with E-state index in [0.717, 1.165) is 13.2 Å². The second kappa shape index (κ2) is 5.37. The average Bonchev–Trinajstić information content (AvgIpc) is 2.28. The van der Waals surface area contributed by atoms with Gasteiger partial charge in [0.2, 0.25) is 0 Å². The summed E-state index contributed by atoms with van der Waals surface area (Å²) in [5.74, 6) is -0.0660. The van der Waals surface area contributed by atoms with Crippen molar-refractivity contribution in [3.05, 3.63) is 35.1 Å². The Morgan fingerprint density at radius 2 is 2.35 bits per heavy atom. The van der Waals surface area contributed by atoms with E-state index < -0.39 is 5.82 Å². The first-order valence-corrected chi connectivity index (χ1v) is 6.22. The molecule has 1 aliphatic heterocycles. The normalized spacial score (nSPS) is 16.9. The molecule has 0 bridgehead atoms. The van der Waals surface area contributed by atoms with Crippen LogP contribution in [0.3, 0.4) is 0 Å². The van der Waals surface area contributed by atoms with Gasteiger partial charge in [0, 0.05) is 5.75 Å². The maximum atomic E-state index is 14.0. The molecule has 1 heterocycles. The maximum absolute atomic E-state index is 14.0. The van der Waals surface area contributed by atoms with Crippen molar-refractivity contribution in [1.82, 2.24) is 0 Å². The lowest BCUT2D eigenvalue weighted by Gasteiger charge is -2.25. The van der Waals surface area contributed by atoms with Crippen LogP contribution in [0.2, 0.25) is 0 Å². The fraction of sp³-hybridized carbons (Fsp3) is 0.364. The van der Waals surface area contributed by atoms with Crippen LogP contribution in [-0.4, -0.2) is 29.5 Å². The molecular weight excluding hydrogens is 243 g/mol. The predicted octanol–water partition coefficient (Wildman–Crippen LogP) is 1.55. The number of thioether (sulfide) groups is 1. The second-order valence-corrected chi connectivity index (χ2v) is 5.02. The Morgan fingerprint density at radius 3 is 2.94 bits per heavy atom. The summed E-state index contributed by atoms with van der Waals surface area (Å²) in [6.07, 6.45) is 0. The van der Waals surface area contributed by atoms with Gasteiger partial charge in [0.25, 0.3) is 0 Å². The molecule has 0 unspecified atom stereocenters. The zero-order valence-electron chi connectivity index (χ0n) is 9.10. The molecule has 1 saturated heterocycles. The Morgan fingerprint density at radius 1 is 1.59 bits per heavy atom. The third-order valence-corrected chi connectivity index (χ3v) is 3.77. The molecule has 0 saturated carbocycles. The number of ether oxygens (including phenoxy) is 1. The van der Waals surface area contributed by atoms with Gasteiger partial charge in [-0.15, -0.1) is 11.8 Å². The molecule has 3 N–H and O–H groups in total. The smallest absolute Gasteiger partial charge is 0.173 e. The molecule has 1 aromatic carbocycles. The van der Waals surface area contributed by atoms with Crippen molar-refractivity contribution in [3.8, 4) is 0 Å². The molecule has 0 amide bonds. The Hall–Kier alpha value is -1.27. The van der Waals surface area contributed by atoms with Crippen LogP contribution in [0.15, 0.2) is 23.4 Å². The number of halogens is 1. The van der Waals surface area contributed by atoms with Crippen molar-refractivity contribution < 1.29 is 14.3 Å². The van der Waals surface area contributed by atoms with E-state index in [2.05, 4.69) is 5.16 Å². The molecule has 0 spiro atoms. The number of nitrogens with zero attached hydrogens (tertiary/aromatic N) is 1. The van der Waals surface area contributed by atoms with Crippen LogP contribution in [0, 0.1) is 5.82 Å². The lowest BCUT2D eigenvalue weighted by atomic mass is 10.1. The quantitative estimate of drug-likeness (QED) is 0.371. The average molecular weight is 256 g/mol. The molecular formula is C11H13FN2O2S. The highest BCUT2D eigenvalue weighted by Crippen LogP contribution is 2.25. The van der Waals surface area contributed by atoms with Crippen molar-refractivity contribution in [2.75, 3.05) is 13.2 Å². The minimum Gasteiger partial charge on any atom is -0.409 e. The van der Waals surface area contributed by atoms with Crippen molar-refractivity contribution in [1.29, 1.82) is 0 Å².